The fourth-order valence-electron chi connectivity index (χ4n) is 1.82. The van der Waals surface area contributed by atoms with Gasteiger partial charge in [0, 0.05) is 18.7 Å². The summed E-state index contributed by atoms with van der Waals surface area (Å²) in [5.41, 5.74) is 1.26. The molecule has 0 spiro atoms. The third-order valence-corrected chi connectivity index (χ3v) is 2.73. The highest BCUT2D eigenvalue weighted by Crippen LogP contribution is 2.30. The fraction of sp³-hybridized carbons (Fsp3) is 0.333. The molecule has 1 heterocycles. The summed E-state index contributed by atoms with van der Waals surface area (Å²) in [5.74, 6) is 0.510. The van der Waals surface area contributed by atoms with Gasteiger partial charge in [-0.1, -0.05) is 0 Å². The maximum absolute atomic E-state index is 11.6. The largest absolute Gasteiger partial charge is 0.495 e. The van der Waals surface area contributed by atoms with Gasteiger partial charge in [-0.25, -0.2) is 4.79 Å². The Kier molecular flexibility index (Phi) is 2.99. The highest BCUT2D eigenvalue weighted by atomic mass is 16.5. The summed E-state index contributed by atoms with van der Waals surface area (Å²) >= 11 is 0. The molecule has 1 aliphatic heterocycles. The van der Waals surface area contributed by atoms with Crippen LogP contribution in [0.3, 0.4) is 0 Å². The van der Waals surface area contributed by atoms with Gasteiger partial charge in [-0.05, 0) is 25.1 Å². The molecule has 1 aromatic carbocycles. The number of ether oxygens (including phenoxy) is 1. The monoisotopic (exact) mass is 234 g/mol. The zero-order chi connectivity index (χ0) is 12.4. The van der Waals surface area contributed by atoms with Gasteiger partial charge in [0.25, 0.3) is 0 Å². The second-order valence-corrected chi connectivity index (χ2v) is 3.83. The van der Waals surface area contributed by atoms with Gasteiger partial charge in [0.2, 0.25) is 0 Å². The molecule has 5 nitrogen and oxygen atoms in total. The topological polar surface area (TPSA) is 58.6 Å². The van der Waals surface area contributed by atoms with Crippen LogP contribution in [0.2, 0.25) is 0 Å². The van der Waals surface area contributed by atoms with Gasteiger partial charge in [0.1, 0.15) is 5.75 Å². The molecule has 1 aromatic rings. The lowest BCUT2D eigenvalue weighted by atomic mass is 10.1. The summed E-state index contributed by atoms with van der Waals surface area (Å²) in [4.78, 5) is 24.4. The van der Waals surface area contributed by atoms with Gasteiger partial charge in [-0.2, -0.15) is 0 Å². The SMILES string of the molecule is COc1cc(C(C)=O)ccc1N1CCNC1=O. The van der Waals surface area contributed by atoms with Gasteiger partial charge < -0.3 is 10.1 Å². The first-order valence-electron chi connectivity index (χ1n) is 5.38. The van der Waals surface area contributed by atoms with Crippen LogP contribution < -0.4 is 15.0 Å². The Morgan fingerprint density at radius 3 is 2.76 bits per heavy atom. The smallest absolute Gasteiger partial charge is 0.322 e. The molecule has 1 saturated heterocycles. The van der Waals surface area contributed by atoms with Crippen molar-refractivity contribution in [3.63, 3.8) is 0 Å². The number of hydrogen-bond acceptors (Lipinski definition) is 3. The minimum Gasteiger partial charge on any atom is -0.495 e. The van der Waals surface area contributed by atoms with E-state index < -0.39 is 0 Å². The summed E-state index contributed by atoms with van der Waals surface area (Å²) in [5, 5.41) is 2.72. The number of nitrogens with zero attached hydrogens (tertiary/aromatic N) is 1. The van der Waals surface area contributed by atoms with Crippen molar-refractivity contribution in [3.05, 3.63) is 23.8 Å². The van der Waals surface area contributed by atoms with E-state index in [9.17, 15) is 9.59 Å². The van der Waals surface area contributed by atoms with Gasteiger partial charge in [0.15, 0.2) is 5.78 Å². The average Bonchev–Trinajstić information content (AvgIpc) is 2.74. The average molecular weight is 234 g/mol. The van der Waals surface area contributed by atoms with Crippen LogP contribution in [-0.4, -0.2) is 32.0 Å². The van der Waals surface area contributed by atoms with E-state index in [0.29, 0.717) is 30.1 Å². The van der Waals surface area contributed by atoms with Gasteiger partial charge in [-0.3, -0.25) is 9.69 Å². The zero-order valence-electron chi connectivity index (χ0n) is 9.82. The first-order chi connectivity index (χ1) is 8.13. The summed E-state index contributed by atoms with van der Waals surface area (Å²) in [6.45, 7) is 2.72. The van der Waals surface area contributed by atoms with Crippen LogP contribution in [0.25, 0.3) is 0 Å². The molecule has 1 aliphatic rings. The first kappa shape index (κ1) is 11.4. The number of urea groups is 1. The van der Waals surface area contributed by atoms with Crippen molar-refractivity contribution >= 4 is 17.5 Å². The molecule has 0 aromatic heterocycles. The Balaban J connectivity index is 2.40. The molecule has 0 bridgehead atoms. The van der Waals surface area contributed by atoms with Crippen molar-refractivity contribution in [2.24, 2.45) is 0 Å². The number of hydrogen-bond donors (Lipinski definition) is 1. The van der Waals surface area contributed by atoms with E-state index in [1.807, 2.05) is 0 Å². The van der Waals surface area contributed by atoms with Gasteiger partial charge in [0.05, 0.1) is 12.8 Å². The number of amides is 2. The van der Waals surface area contributed by atoms with E-state index in [1.165, 1.54) is 14.0 Å². The van der Waals surface area contributed by atoms with E-state index in [0.717, 1.165) is 0 Å². The predicted molar refractivity (Wildman–Crippen MR) is 63.7 cm³/mol. The third kappa shape index (κ3) is 2.08. The molecule has 5 heteroatoms. The molecule has 90 valence electrons. The van der Waals surface area contributed by atoms with Crippen LogP contribution in [0.4, 0.5) is 10.5 Å². The van der Waals surface area contributed by atoms with Crippen molar-refractivity contribution < 1.29 is 14.3 Å². The molecule has 0 radical (unpaired) electrons. The minimum atomic E-state index is -0.140. The lowest BCUT2D eigenvalue weighted by Gasteiger charge is -2.18. The Labute approximate surface area is 99.4 Å². The zero-order valence-corrected chi connectivity index (χ0v) is 9.82. The number of carbonyl (C=O) groups excluding carboxylic acids is 2. The molecule has 17 heavy (non-hydrogen) atoms. The van der Waals surface area contributed by atoms with Crippen molar-refractivity contribution in [3.8, 4) is 5.75 Å². The van der Waals surface area contributed by atoms with Crippen molar-refractivity contribution in [1.82, 2.24) is 5.32 Å². The number of benzene rings is 1. The number of rotatable bonds is 3. The van der Waals surface area contributed by atoms with E-state index in [1.54, 1.807) is 23.1 Å². The molecule has 2 rings (SSSR count). The number of nitrogens with one attached hydrogen (secondary N) is 1. The van der Waals surface area contributed by atoms with E-state index >= 15 is 0 Å². The molecule has 2 amide bonds. The molecule has 1 fully saturated rings. The molecular weight excluding hydrogens is 220 g/mol. The van der Waals surface area contributed by atoms with Crippen LogP contribution in [-0.2, 0) is 0 Å². The van der Waals surface area contributed by atoms with Crippen LogP contribution in [0.15, 0.2) is 18.2 Å². The second-order valence-electron chi connectivity index (χ2n) is 3.83. The first-order valence-corrected chi connectivity index (χ1v) is 5.38. The Bertz CT molecular complexity index is 471. The Hall–Kier alpha value is -2.04. The standard InChI is InChI=1S/C12H14N2O3/c1-8(15)9-3-4-10(11(7-9)17-2)14-6-5-13-12(14)16/h3-4,7H,5-6H2,1-2H3,(H,13,16). The molecular formula is C12H14N2O3. The van der Waals surface area contributed by atoms with Crippen LogP contribution in [0, 0.1) is 0 Å². The maximum Gasteiger partial charge on any atom is 0.322 e. The molecule has 0 aliphatic carbocycles. The molecule has 0 atom stereocenters. The normalized spacial score (nSPS) is 14.7. The number of ketones is 1. The van der Waals surface area contributed by atoms with Gasteiger partial charge >= 0.3 is 6.03 Å². The summed E-state index contributed by atoms with van der Waals surface area (Å²) in [6.07, 6.45) is 0. The number of methoxy groups -OCH3 is 1. The molecule has 0 saturated carbocycles. The summed E-state index contributed by atoms with van der Waals surface area (Å²) in [6, 6.07) is 4.95. The van der Waals surface area contributed by atoms with E-state index in [-0.39, 0.29) is 11.8 Å². The maximum atomic E-state index is 11.6. The predicted octanol–water partition coefficient (Wildman–Crippen LogP) is 1.43. The number of carbonyl (C=O) groups is 2. The Morgan fingerprint density at radius 1 is 1.47 bits per heavy atom. The number of Topliss-reactive ketones (excluding diaryl/α,β-unsaturated/α-hetero) is 1. The number of anilines is 1. The lowest BCUT2D eigenvalue weighted by molar-refractivity contribution is 0.101. The highest BCUT2D eigenvalue weighted by molar-refractivity contribution is 5.98. The van der Waals surface area contributed by atoms with Crippen LogP contribution in [0.5, 0.6) is 5.75 Å². The highest BCUT2D eigenvalue weighted by Gasteiger charge is 2.24. The lowest BCUT2D eigenvalue weighted by Crippen LogP contribution is -2.28. The van der Waals surface area contributed by atoms with Crippen molar-refractivity contribution in [2.45, 2.75) is 6.92 Å². The third-order valence-electron chi connectivity index (χ3n) is 2.73. The quantitative estimate of drug-likeness (QED) is 0.805. The van der Waals surface area contributed by atoms with Crippen molar-refractivity contribution in [1.29, 1.82) is 0 Å². The van der Waals surface area contributed by atoms with E-state index in [2.05, 4.69) is 5.32 Å². The van der Waals surface area contributed by atoms with Crippen LogP contribution >= 0.6 is 0 Å². The molecule has 1 N–H and O–H groups in total. The Morgan fingerprint density at radius 2 is 2.24 bits per heavy atom. The van der Waals surface area contributed by atoms with E-state index in [4.69, 9.17) is 4.74 Å². The second kappa shape index (κ2) is 4.45. The summed E-state index contributed by atoms with van der Waals surface area (Å²) in [7, 11) is 1.52. The fourth-order valence-corrected chi connectivity index (χ4v) is 1.82. The minimum absolute atomic E-state index is 0.0271. The van der Waals surface area contributed by atoms with Crippen molar-refractivity contribution in [2.75, 3.05) is 25.1 Å². The summed E-state index contributed by atoms with van der Waals surface area (Å²) < 4.78 is 5.22. The van der Waals surface area contributed by atoms with Gasteiger partial charge in [-0.15, -0.1) is 0 Å². The van der Waals surface area contributed by atoms with Crippen LogP contribution in [0.1, 0.15) is 17.3 Å². The molecule has 0 unspecified atom stereocenters.